The molecular weight excluding hydrogens is 518 g/mol. The number of benzene rings is 3. The lowest BCUT2D eigenvalue weighted by atomic mass is 9.94. The molecule has 0 aromatic heterocycles. The van der Waals surface area contributed by atoms with E-state index in [1.165, 1.54) is 4.90 Å². The molecule has 1 fully saturated rings. The van der Waals surface area contributed by atoms with Crippen molar-refractivity contribution in [2.45, 2.75) is 25.8 Å². The summed E-state index contributed by atoms with van der Waals surface area (Å²) < 4.78 is 10.8. The van der Waals surface area contributed by atoms with Crippen molar-refractivity contribution in [3.8, 4) is 11.5 Å². The minimum Gasteiger partial charge on any atom is -0.454 e. The molecule has 0 saturated carbocycles. The summed E-state index contributed by atoms with van der Waals surface area (Å²) in [5, 5.41) is 3.75. The number of nitrogens with zero attached hydrogens (tertiary/aromatic N) is 2. The number of hydrogen-bond acceptors (Lipinski definition) is 6. The zero-order valence-electron chi connectivity index (χ0n) is 21.3. The van der Waals surface area contributed by atoms with Crippen molar-refractivity contribution < 1.29 is 23.9 Å². The summed E-state index contributed by atoms with van der Waals surface area (Å²) in [6.07, 6.45) is 2.11. The van der Waals surface area contributed by atoms with Crippen LogP contribution in [0.1, 0.15) is 44.7 Å². The average molecular weight is 546 g/mol. The molecule has 0 bridgehead atoms. The second-order valence-corrected chi connectivity index (χ2v) is 10.4. The SMILES string of the molecule is O=C(NCCc1ccc(Cl)cc1)C1CCN(c2cccc3c2C(=O)N(Cc2ccc4c(c2)OCO4)C3=O)CC1. The first-order valence-electron chi connectivity index (χ1n) is 13.1. The predicted octanol–water partition coefficient (Wildman–Crippen LogP) is 4.44. The topological polar surface area (TPSA) is 88.2 Å². The third kappa shape index (κ3) is 5.04. The minimum atomic E-state index is -0.301. The number of anilines is 1. The van der Waals surface area contributed by atoms with Crippen molar-refractivity contribution in [3.05, 3.63) is 87.9 Å². The van der Waals surface area contributed by atoms with Gasteiger partial charge in [0.1, 0.15) is 0 Å². The van der Waals surface area contributed by atoms with E-state index in [2.05, 4.69) is 10.2 Å². The van der Waals surface area contributed by atoms with Crippen molar-refractivity contribution in [2.75, 3.05) is 31.3 Å². The lowest BCUT2D eigenvalue weighted by molar-refractivity contribution is -0.125. The molecule has 0 radical (unpaired) electrons. The van der Waals surface area contributed by atoms with E-state index in [-0.39, 0.29) is 37.0 Å². The van der Waals surface area contributed by atoms with Crippen LogP contribution in [0.25, 0.3) is 0 Å². The smallest absolute Gasteiger partial charge is 0.263 e. The summed E-state index contributed by atoms with van der Waals surface area (Å²) in [6.45, 7) is 2.16. The summed E-state index contributed by atoms with van der Waals surface area (Å²) in [5.74, 6) is 0.643. The van der Waals surface area contributed by atoms with E-state index in [1.54, 1.807) is 18.2 Å². The normalized spacial score (nSPS) is 16.5. The van der Waals surface area contributed by atoms with Gasteiger partial charge >= 0.3 is 0 Å². The number of hydrogen-bond donors (Lipinski definition) is 1. The van der Waals surface area contributed by atoms with Crippen LogP contribution in [0.4, 0.5) is 5.69 Å². The van der Waals surface area contributed by atoms with Crippen LogP contribution < -0.4 is 19.7 Å². The molecule has 200 valence electrons. The number of rotatable bonds is 7. The van der Waals surface area contributed by atoms with Gasteiger partial charge in [-0.05, 0) is 66.8 Å². The van der Waals surface area contributed by atoms with Gasteiger partial charge in [-0.1, -0.05) is 35.9 Å². The van der Waals surface area contributed by atoms with E-state index in [4.69, 9.17) is 21.1 Å². The Morgan fingerprint density at radius 1 is 0.923 bits per heavy atom. The first kappa shape index (κ1) is 25.2. The molecule has 0 unspecified atom stereocenters. The van der Waals surface area contributed by atoms with Crippen molar-refractivity contribution in [2.24, 2.45) is 5.92 Å². The van der Waals surface area contributed by atoms with Crippen molar-refractivity contribution >= 4 is 35.0 Å². The highest BCUT2D eigenvalue weighted by Crippen LogP contribution is 2.36. The Morgan fingerprint density at radius 3 is 2.46 bits per heavy atom. The van der Waals surface area contributed by atoms with Gasteiger partial charge in [0.15, 0.2) is 11.5 Å². The Morgan fingerprint density at radius 2 is 1.67 bits per heavy atom. The Bertz CT molecular complexity index is 1430. The Hall–Kier alpha value is -4.04. The number of ether oxygens (including phenoxy) is 2. The molecule has 1 saturated heterocycles. The van der Waals surface area contributed by atoms with Crippen molar-refractivity contribution in [1.29, 1.82) is 0 Å². The molecule has 0 atom stereocenters. The number of imide groups is 1. The standard InChI is InChI=1S/C30H28ClN3O5/c31-22-7-4-19(5-8-22)10-13-32-28(35)21-11-14-33(15-12-21)24-3-1-2-23-27(24)30(37)34(29(23)36)17-20-6-9-25-26(16-20)39-18-38-25/h1-9,16,21H,10-15,17-18H2,(H,32,35). The summed E-state index contributed by atoms with van der Waals surface area (Å²) in [6, 6.07) is 18.5. The molecule has 3 aliphatic rings. The van der Waals surface area contributed by atoms with E-state index < -0.39 is 0 Å². The highest BCUT2D eigenvalue weighted by molar-refractivity contribution is 6.30. The van der Waals surface area contributed by atoms with Gasteiger partial charge in [0.25, 0.3) is 11.8 Å². The maximum absolute atomic E-state index is 13.5. The van der Waals surface area contributed by atoms with Gasteiger partial charge in [0, 0.05) is 30.6 Å². The number of fused-ring (bicyclic) bond motifs is 2. The second kappa shape index (κ2) is 10.6. The Kier molecular flexibility index (Phi) is 6.87. The minimum absolute atomic E-state index is 0.0584. The largest absolute Gasteiger partial charge is 0.454 e. The molecular formula is C30H28ClN3O5. The lowest BCUT2D eigenvalue weighted by Crippen LogP contribution is -2.41. The zero-order valence-corrected chi connectivity index (χ0v) is 22.1. The van der Waals surface area contributed by atoms with Gasteiger partial charge in [-0.2, -0.15) is 0 Å². The third-order valence-electron chi connectivity index (χ3n) is 7.59. The van der Waals surface area contributed by atoms with Crippen LogP contribution in [0, 0.1) is 5.92 Å². The second-order valence-electron chi connectivity index (χ2n) is 10.0. The predicted molar refractivity (Wildman–Crippen MR) is 146 cm³/mol. The van der Waals surface area contributed by atoms with Gasteiger partial charge in [0.05, 0.1) is 23.4 Å². The van der Waals surface area contributed by atoms with Crippen LogP contribution in [-0.4, -0.2) is 49.0 Å². The molecule has 1 N–H and O–H groups in total. The highest BCUT2D eigenvalue weighted by Gasteiger charge is 2.39. The maximum atomic E-state index is 13.5. The number of halogens is 1. The number of carbonyl (C=O) groups excluding carboxylic acids is 3. The maximum Gasteiger partial charge on any atom is 0.263 e. The fourth-order valence-corrected chi connectivity index (χ4v) is 5.58. The molecule has 3 heterocycles. The molecule has 8 nitrogen and oxygen atoms in total. The average Bonchev–Trinajstić information content (AvgIpc) is 3.52. The first-order valence-corrected chi connectivity index (χ1v) is 13.5. The molecule has 6 rings (SSSR count). The molecule has 39 heavy (non-hydrogen) atoms. The van der Waals surface area contributed by atoms with Crippen LogP contribution in [0.5, 0.6) is 11.5 Å². The summed E-state index contributed by atoms with van der Waals surface area (Å²) in [4.78, 5) is 42.9. The monoisotopic (exact) mass is 545 g/mol. The van der Waals surface area contributed by atoms with E-state index in [9.17, 15) is 14.4 Å². The quantitative estimate of drug-likeness (QED) is 0.442. The van der Waals surface area contributed by atoms with Crippen molar-refractivity contribution in [1.82, 2.24) is 10.2 Å². The first-order chi connectivity index (χ1) is 19.0. The Balaban J connectivity index is 1.08. The fraction of sp³-hybridized carbons (Fsp3) is 0.300. The van der Waals surface area contributed by atoms with Crippen LogP contribution in [0.2, 0.25) is 5.02 Å². The molecule has 0 spiro atoms. The van der Waals surface area contributed by atoms with Gasteiger partial charge in [-0.25, -0.2) is 0 Å². The lowest BCUT2D eigenvalue weighted by Gasteiger charge is -2.33. The van der Waals surface area contributed by atoms with Crippen LogP contribution >= 0.6 is 11.6 Å². The van der Waals surface area contributed by atoms with Gasteiger partial charge in [-0.15, -0.1) is 0 Å². The third-order valence-corrected chi connectivity index (χ3v) is 7.84. The molecule has 3 aliphatic heterocycles. The van der Waals surface area contributed by atoms with E-state index in [1.807, 2.05) is 42.5 Å². The van der Waals surface area contributed by atoms with Crippen molar-refractivity contribution in [3.63, 3.8) is 0 Å². The molecule has 9 heteroatoms. The van der Waals surface area contributed by atoms with Gasteiger partial charge in [0.2, 0.25) is 12.7 Å². The zero-order chi connectivity index (χ0) is 26.9. The number of piperidine rings is 1. The summed E-state index contributed by atoms with van der Waals surface area (Å²) in [7, 11) is 0. The molecule has 3 amide bonds. The van der Waals surface area contributed by atoms with Gasteiger partial charge in [-0.3, -0.25) is 19.3 Å². The van der Waals surface area contributed by atoms with Crippen LogP contribution in [0.15, 0.2) is 60.7 Å². The highest BCUT2D eigenvalue weighted by atomic mass is 35.5. The summed E-state index contributed by atoms with van der Waals surface area (Å²) in [5.41, 5.74) is 3.52. The fourth-order valence-electron chi connectivity index (χ4n) is 5.45. The molecule has 3 aromatic carbocycles. The number of amides is 3. The Labute approximate surface area is 231 Å². The molecule has 3 aromatic rings. The molecule has 0 aliphatic carbocycles. The van der Waals surface area contributed by atoms with Gasteiger partial charge < -0.3 is 19.7 Å². The summed E-state index contributed by atoms with van der Waals surface area (Å²) >= 11 is 5.94. The van der Waals surface area contributed by atoms with E-state index in [0.717, 1.165) is 23.2 Å². The number of carbonyl (C=O) groups is 3. The van der Waals surface area contributed by atoms with E-state index >= 15 is 0 Å². The van der Waals surface area contributed by atoms with Crippen LogP contribution in [-0.2, 0) is 17.8 Å². The van der Waals surface area contributed by atoms with Crippen LogP contribution in [0.3, 0.4) is 0 Å². The van der Waals surface area contributed by atoms with E-state index in [0.29, 0.717) is 60.1 Å². The number of nitrogens with one attached hydrogen (secondary N) is 1.